The Morgan fingerprint density at radius 2 is 1.91 bits per heavy atom. The molecule has 0 radical (unpaired) electrons. The van der Waals surface area contributed by atoms with Gasteiger partial charge >= 0.3 is 5.97 Å². The van der Waals surface area contributed by atoms with Crippen molar-refractivity contribution < 1.29 is 14.3 Å². The van der Waals surface area contributed by atoms with Crippen LogP contribution >= 0.6 is 0 Å². The summed E-state index contributed by atoms with van der Waals surface area (Å²) < 4.78 is 4.75. The highest BCUT2D eigenvalue weighted by Gasteiger charge is 2.28. The topological polar surface area (TPSA) is 49.9 Å². The molecule has 1 aromatic carbocycles. The van der Waals surface area contributed by atoms with Gasteiger partial charge in [-0.3, -0.25) is 14.5 Å². The highest BCUT2D eigenvalue weighted by Crippen LogP contribution is 2.20. The van der Waals surface area contributed by atoms with Crippen LogP contribution in [-0.2, 0) is 27.3 Å². The number of nitrogens with zero attached hydrogens (tertiary/aromatic N) is 2. The first-order chi connectivity index (χ1) is 10.9. The molecule has 0 saturated carbocycles. The first kappa shape index (κ1) is 17.5. The van der Waals surface area contributed by atoms with Crippen LogP contribution in [0.5, 0.6) is 0 Å². The Labute approximate surface area is 138 Å². The number of amides is 1. The molecular weight excluding hydrogens is 292 g/mol. The first-order valence-electron chi connectivity index (χ1n) is 8.07. The molecule has 0 bridgehead atoms. The molecule has 1 heterocycles. The van der Waals surface area contributed by atoms with E-state index in [1.165, 1.54) is 18.2 Å². The number of likely N-dealkylation sites (N-methyl/N-ethyl adjacent to an activating group) is 1. The molecule has 0 aliphatic carbocycles. The fourth-order valence-electron chi connectivity index (χ4n) is 3.00. The van der Waals surface area contributed by atoms with Crippen molar-refractivity contribution >= 4 is 11.9 Å². The fourth-order valence-corrected chi connectivity index (χ4v) is 3.00. The lowest BCUT2D eigenvalue weighted by molar-refractivity contribution is -0.146. The van der Waals surface area contributed by atoms with E-state index in [2.05, 4.69) is 12.1 Å². The molecule has 0 aromatic heterocycles. The number of rotatable bonds is 5. The van der Waals surface area contributed by atoms with Crippen molar-refractivity contribution in [2.75, 3.05) is 27.2 Å². The van der Waals surface area contributed by atoms with Crippen LogP contribution in [0.25, 0.3) is 0 Å². The van der Waals surface area contributed by atoms with Crippen LogP contribution in [0, 0.1) is 5.92 Å². The zero-order valence-electron chi connectivity index (χ0n) is 14.4. The Morgan fingerprint density at radius 1 is 1.26 bits per heavy atom. The number of fused-ring (bicyclic) bond motifs is 1. The van der Waals surface area contributed by atoms with Gasteiger partial charge in [0.1, 0.15) is 0 Å². The third kappa shape index (κ3) is 4.10. The van der Waals surface area contributed by atoms with Gasteiger partial charge in [0.05, 0.1) is 19.1 Å². The second-order valence-electron chi connectivity index (χ2n) is 6.32. The van der Waals surface area contributed by atoms with Crippen LogP contribution in [0.4, 0.5) is 0 Å². The van der Waals surface area contributed by atoms with Gasteiger partial charge in [0, 0.05) is 19.6 Å². The maximum Gasteiger partial charge on any atom is 0.309 e. The minimum atomic E-state index is -0.257. The van der Waals surface area contributed by atoms with E-state index < -0.39 is 0 Å². The summed E-state index contributed by atoms with van der Waals surface area (Å²) in [6.07, 6.45) is 0.900. The maximum atomic E-state index is 12.7. The number of carbonyl (C=O) groups is 2. The molecule has 0 unspecified atom stereocenters. The molecule has 0 N–H and O–H groups in total. The number of methoxy groups -OCH3 is 1. The summed E-state index contributed by atoms with van der Waals surface area (Å²) in [5, 5.41) is 0. The SMILES string of the molecule is COC(=O)[C@@H](C)CN(C)[C@@H](C)C(=O)N1CCc2ccccc2C1. The van der Waals surface area contributed by atoms with Gasteiger partial charge in [-0.1, -0.05) is 31.2 Å². The van der Waals surface area contributed by atoms with Gasteiger partial charge in [0.2, 0.25) is 5.91 Å². The van der Waals surface area contributed by atoms with Gasteiger partial charge in [-0.2, -0.15) is 0 Å². The predicted molar refractivity (Wildman–Crippen MR) is 88.8 cm³/mol. The Balaban J connectivity index is 1.96. The summed E-state index contributed by atoms with van der Waals surface area (Å²) in [4.78, 5) is 28.1. The zero-order chi connectivity index (χ0) is 17.0. The standard InChI is InChI=1S/C18H26N2O3/c1-13(18(22)23-4)11-19(3)14(2)17(21)20-10-9-15-7-5-6-8-16(15)12-20/h5-8,13-14H,9-12H2,1-4H3/t13-,14-/m0/s1. The van der Waals surface area contributed by atoms with Crippen molar-refractivity contribution in [1.29, 1.82) is 0 Å². The maximum absolute atomic E-state index is 12.7. The predicted octanol–water partition coefficient (Wildman–Crippen LogP) is 1.70. The second kappa shape index (κ2) is 7.59. The number of ether oxygens (including phenoxy) is 1. The van der Waals surface area contributed by atoms with E-state index in [-0.39, 0.29) is 23.8 Å². The minimum absolute atomic E-state index is 0.110. The van der Waals surface area contributed by atoms with Crippen molar-refractivity contribution in [1.82, 2.24) is 9.80 Å². The summed E-state index contributed by atoms with van der Waals surface area (Å²) in [5.41, 5.74) is 2.56. The third-order valence-electron chi connectivity index (χ3n) is 4.63. The molecule has 1 aliphatic rings. The summed E-state index contributed by atoms with van der Waals surface area (Å²) in [6, 6.07) is 8.02. The Kier molecular flexibility index (Phi) is 5.77. The van der Waals surface area contributed by atoms with Crippen LogP contribution in [-0.4, -0.2) is 55.0 Å². The van der Waals surface area contributed by atoms with Gasteiger partial charge in [-0.25, -0.2) is 0 Å². The Hall–Kier alpha value is -1.88. The Bertz CT molecular complexity index is 573. The molecule has 0 spiro atoms. The molecule has 2 rings (SSSR count). The van der Waals surface area contributed by atoms with Gasteiger partial charge < -0.3 is 9.64 Å². The van der Waals surface area contributed by atoms with E-state index in [1.54, 1.807) is 0 Å². The average Bonchev–Trinajstić information content (AvgIpc) is 2.58. The number of hydrogen-bond donors (Lipinski definition) is 0. The van der Waals surface area contributed by atoms with Crippen LogP contribution in [0.2, 0.25) is 0 Å². The summed E-state index contributed by atoms with van der Waals surface area (Å²) in [5.74, 6) is -0.384. The van der Waals surface area contributed by atoms with Gasteiger partial charge in [-0.05, 0) is 31.5 Å². The normalized spacial score (nSPS) is 16.7. The summed E-state index contributed by atoms with van der Waals surface area (Å²) in [6.45, 7) is 5.63. The van der Waals surface area contributed by atoms with Gasteiger partial charge in [0.25, 0.3) is 0 Å². The van der Waals surface area contributed by atoms with Gasteiger partial charge in [-0.15, -0.1) is 0 Å². The number of benzene rings is 1. The largest absolute Gasteiger partial charge is 0.469 e. The molecule has 23 heavy (non-hydrogen) atoms. The van der Waals surface area contributed by atoms with E-state index in [4.69, 9.17) is 4.74 Å². The number of esters is 1. The van der Waals surface area contributed by atoms with Crippen LogP contribution in [0.3, 0.4) is 0 Å². The monoisotopic (exact) mass is 318 g/mol. The fraction of sp³-hybridized carbons (Fsp3) is 0.556. The molecule has 1 aliphatic heterocycles. The molecule has 0 saturated heterocycles. The molecule has 126 valence electrons. The quantitative estimate of drug-likeness (QED) is 0.776. The highest BCUT2D eigenvalue weighted by atomic mass is 16.5. The average molecular weight is 318 g/mol. The number of carbonyl (C=O) groups excluding carboxylic acids is 2. The lowest BCUT2D eigenvalue weighted by Crippen LogP contribution is -2.48. The second-order valence-corrected chi connectivity index (χ2v) is 6.32. The van der Waals surface area contributed by atoms with E-state index >= 15 is 0 Å². The molecule has 0 fully saturated rings. The van der Waals surface area contributed by atoms with Crippen LogP contribution in [0.15, 0.2) is 24.3 Å². The molecule has 5 heteroatoms. The Morgan fingerprint density at radius 3 is 2.57 bits per heavy atom. The van der Waals surface area contributed by atoms with Crippen molar-refractivity contribution in [2.24, 2.45) is 5.92 Å². The molecule has 1 aromatic rings. The van der Waals surface area contributed by atoms with E-state index in [0.717, 1.165) is 13.0 Å². The van der Waals surface area contributed by atoms with Crippen molar-refractivity contribution in [3.05, 3.63) is 35.4 Å². The molecular formula is C18H26N2O3. The van der Waals surface area contributed by atoms with E-state index in [0.29, 0.717) is 13.1 Å². The summed E-state index contributed by atoms with van der Waals surface area (Å²) >= 11 is 0. The smallest absolute Gasteiger partial charge is 0.309 e. The molecule has 5 nitrogen and oxygen atoms in total. The lowest BCUT2D eigenvalue weighted by atomic mass is 9.99. The van der Waals surface area contributed by atoms with Crippen molar-refractivity contribution in [3.63, 3.8) is 0 Å². The minimum Gasteiger partial charge on any atom is -0.469 e. The van der Waals surface area contributed by atoms with Gasteiger partial charge in [0.15, 0.2) is 0 Å². The lowest BCUT2D eigenvalue weighted by Gasteiger charge is -2.34. The molecule has 1 amide bonds. The van der Waals surface area contributed by atoms with Crippen LogP contribution in [0.1, 0.15) is 25.0 Å². The van der Waals surface area contributed by atoms with E-state index in [1.807, 2.05) is 42.8 Å². The first-order valence-corrected chi connectivity index (χ1v) is 8.07. The van der Waals surface area contributed by atoms with Crippen molar-refractivity contribution in [2.45, 2.75) is 32.9 Å². The summed E-state index contributed by atoms with van der Waals surface area (Å²) in [7, 11) is 3.26. The zero-order valence-corrected chi connectivity index (χ0v) is 14.4. The third-order valence-corrected chi connectivity index (χ3v) is 4.63. The van der Waals surface area contributed by atoms with Crippen molar-refractivity contribution in [3.8, 4) is 0 Å². The van der Waals surface area contributed by atoms with Crippen LogP contribution < -0.4 is 0 Å². The van der Waals surface area contributed by atoms with E-state index in [9.17, 15) is 9.59 Å². The molecule has 2 atom stereocenters. The number of hydrogen-bond acceptors (Lipinski definition) is 4. The highest BCUT2D eigenvalue weighted by molar-refractivity contribution is 5.82.